The number of nitrogens with one attached hydrogen (secondary N) is 2. The number of halogens is 1. The molecule has 3 atom stereocenters. The van der Waals surface area contributed by atoms with E-state index in [0.29, 0.717) is 6.42 Å². The van der Waals surface area contributed by atoms with Crippen molar-refractivity contribution in [3.63, 3.8) is 0 Å². The number of carbonyl (C=O) groups excluding carboxylic acids is 5. The molecule has 1 saturated heterocycles. The van der Waals surface area contributed by atoms with Crippen molar-refractivity contribution < 1.29 is 33.1 Å². The van der Waals surface area contributed by atoms with E-state index in [-0.39, 0.29) is 68.6 Å². The molecule has 1 fully saturated rings. The summed E-state index contributed by atoms with van der Waals surface area (Å²) in [7, 11) is 2.93. The van der Waals surface area contributed by atoms with Gasteiger partial charge in [-0.1, -0.05) is 48.5 Å². The number of hydrogen-bond donors (Lipinski definition) is 2. The van der Waals surface area contributed by atoms with E-state index in [0.717, 1.165) is 28.0 Å². The molecule has 270 valence electrons. The van der Waals surface area contributed by atoms with Gasteiger partial charge < -0.3 is 30.1 Å². The fourth-order valence-corrected chi connectivity index (χ4v) is 6.84. The molecule has 0 spiro atoms. The number of likely N-dealkylation sites (N-methyl/N-ethyl adjacent to an activating group) is 2. The maximum atomic E-state index is 14.6. The Balaban J connectivity index is 1.21. The van der Waals surface area contributed by atoms with Crippen LogP contribution in [0.1, 0.15) is 40.7 Å². The first-order valence-corrected chi connectivity index (χ1v) is 17.2. The van der Waals surface area contributed by atoms with Crippen LogP contribution in [0.15, 0.2) is 85.2 Å². The molecule has 2 N–H and O–H groups in total. The van der Waals surface area contributed by atoms with Gasteiger partial charge in [0.05, 0.1) is 24.6 Å². The number of aromatic nitrogens is 1. The maximum Gasteiger partial charge on any atom is 0.258 e. The summed E-state index contributed by atoms with van der Waals surface area (Å²) in [5, 5.41) is 7.89. The highest BCUT2D eigenvalue weighted by Gasteiger charge is 2.38. The average molecular weight is 709 g/mol. The van der Waals surface area contributed by atoms with Crippen molar-refractivity contribution in [3.05, 3.63) is 108 Å². The Morgan fingerprint density at radius 2 is 1.79 bits per heavy atom. The Morgan fingerprint density at radius 1 is 0.981 bits per heavy atom. The van der Waals surface area contributed by atoms with E-state index in [1.54, 1.807) is 29.4 Å². The molecule has 2 aliphatic heterocycles. The lowest BCUT2D eigenvalue weighted by molar-refractivity contribution is -0.140. The zero-order valence-electron chi connectivity index (χ0n) is 29.1. The number of amides is 5. The number of rotatable bonds is 6. The van der Waals surface area contributed by atoms with E-state index in [4.69, 9.17) is 4.74 Å². The number of ether oxygens (including phenoxy) is 1. The monoisotopic (exact) mass is 708 g/mol. The molecule has 1 aromatic heterocycles. The summed E-state index contributed by atoms with van der Waals surface area (Å²) >= 11 is 0. The average Bonchev–Trinajstić information content (AvgIpc) is 3.55. The number of carbonyl (C=O) groups is 5. The molecule has 6 rings (SSSR count). The van der Waals surface area contributed by atoms with Crippen LogP contribution in [-0.4, -0.2) is 101 Å². The Kier molecular flexibility index (Phi) is 11.1. The van der Waals surface area contributed by atoms with E-state index in [1.807, 2.05) is 42.5 Å². The summed E-state index contributed by atoms with van der Waals surface area (Å²) in [6.07, 6.45) is 3.52. The topological polar surface area (TPSA) is 141 Å². The van der Waals surface area contributed by atoms with Crippen molar-refractivity contribution in [1.82, 2.24) is 30.3 Å². The van der Waals surface area contributed by atoms with Crippen LogP contribution in [0.5, 0.6) is 5.75 Å². The number of hydrogen-bond acceptors (Lipinski definition) is 7. The van der Waals surface area contributed by atoms with E-state index in [2.05, 4.69) is 15.6 Å². The number of nitrogens with zero attached hydrogens (tertiary/aromatic N) is 4. The van der Waals surface area contributed by atoms with Gasteiger partial charge in [0.15, 0.2) is 0 Å². The van der Waals surface area contributed by atoms with Crippen molar-refractivity contribution in [2.24, 2.45) is 0 Å². The highest BCUT2D eigenvalue weighted by Crippen LogP contribution is 2.27. The maximum absolute atomic E-state index is 14.6. The first-order chi connectivity index (χ1) is 25.1. The molecular weight excluding hydrogens is 667 g/mol. The van der Waals surface area contributed by atoms with E-state index in [9.17, 15) is 28.4 Å². The quantitative estimate of drug-likeness (QED) is 0.314. The van der Waals surface area contributed by atoms with Gasteiger partial charge in [-0.15, -0.1) is 0 Å². The molecule has 3 aromatic carbocycles. The number of fused-ring (bicyclic) bond motifs is 3. The highest BCUT2D eigenvalue weighted by atomic mass is 19.1. The lowest BCUT2D eigenvalue weighted by Gasteiger charge is -2.28. The second-order valence-corrected chi connectivity index (χ2v) is 13.3. The summed E-state index contributed by atoms with van der Waals surface area (Å²) < 4.78 is 20.8. The minimum atomic E-state index is -1.10. The molecule has 2 aliphatic rings. The van der Waals surface area contributed by atoms with E-state index < -0.39 is 41.7 Å². The standard InChI is InChI=1S/C39H41FN6O6/c1-44-23-37(49)46-22-29(43-35(47)17-27-10-5-9-26-8-3-4-11-31(26)27)19-30(46)24-52-34-14-12-28(40)18-32(34)39(51)45(2)33(13-15-36(44)48)38(50)42-21-25-7-6-16-41-20-25/h3-12,14,16,18,20,29-30,33H,13,15,17,19,21-24H2,1-2H3,(H,42,50)(H,43,47)/t29-,30-,33+/m0/s1. The van der Waals surface area contributed by atoms with Crippen molar-refractivity contribution in [2.45, 2.75) is 50.4 Å². The lowest BCUT2D eigenvalue weighted by atomic mass is 10.0. The summed E-state index contributed by atoms with van der Waals surface area (Å²) in [4.78, 5) is 75.9. The predicted molar refractivity (Wildman–Crippen MR) is 190 cm³/mol. The van der Waals surface area contributed by atoms with Crippen molar-refractivity contribution in [1.29, 1.82) is 0 Å². The van der Waals surface area contributed by atoms with Gasteiger partial charge >= 0.3 is 0 Å². The molecule has 0 bridgehead atoms. The first kappa shape index (κ1) is 36.0. The van der Waals surface area contributed by atoms with Gasteiger partial charge in [0.25, 0.3) is 5.91 Å². The smallest absolute Gasteiger partial charge is 0.258 e. The normalized spacial score (nSPS) is 20.0. The predicted octanol–water partition coefficient (Wildman–Crippen LogP) is 3.09. The molecule has 0 unspecified atom stereocenters. The third-order valence-electron chi connectivity index (χ3n) is 9.64. The Bertz CT molecular complexity index is 1970. The van der Waals surface area contributed by atoms with Crippen molar-refractivity contribution in [3.8, 4) is 5.75 Å². The minimum absolute atomic E-state index is 0.0544. The number of benzene rings is 3. The second kappa shape index (κ2) is 16.0. The second-order valence-electron chi connectivity index (χ2n) is 13.3. The molecule has 0 saturated carbocycles. The molecule has 0 aliphatic carbocycles. The lowest BCUT2D eigenvalue weighted by Crippen LogP contribution is -2.48. The van der Waals surface area contributed by atoms with Gasteiger partial charge in [-0.2, -0.15) is 0 Å². The Morgan fingerprint density at radius 3 is 2.60 bits per heavy atom. The molecular formula is C39H41FN6O6. The van der Waals surface area contributed by atoms with Crippen LogP contribution in [0.4, 0.5) is 4.39 Å². The van der Waals surface area contributed by atoms with Crippen molar-refractivity contribution >= 4 is 40.3 Å². The van der Waals surface area contributed by atoms with E-state index in [1.165, 1.54) is 36.0 Å². The molecule has 3 heterocycles. The van der Waals surface area contributed by atoms with Gasteiger partial charge in [0.2, 0.25) is 23.6 Å². The van der Waals surface area contributed by atoms with Gasteiger partial charge in [-0.25, -0.2) is 4.39 Å². The van der Waals surface area contributed by atoms with Gasteiger partial charge in [-0.3, -0.25) is 29.0 Å². The number of pyridine rings is 1. The van der Waals surface area contributed by atoms with Gasteiger partial charge in [0, 0.05) is 52.0 Å². The van der Waals surface area contributed by atoms with Crippen LogP contribution >= 0.6 is 0 Å². The minimum Gasteiger partial charge on any atom is -0.491 e. The first-order valence-electron chi connectivity index (χ1n) is 17.2. The van der Waals surface area contributed by atoms with Crippen LogP contribution in [0, 0.1) is 5.82 Å². The van der Waals surface area contributed by atoms with Crippen LogP contribution < -0.4 is 15.4 Å². The van der Waals surface area contributed by atoms with Crippen LogP contribution in [0.25, 0.3) is 10.8 Å². The van der Waals surface area contributed by atoms with Gasteiger partial charge in [0.1, 0.15) is 24.2 Å². The third kappa shape index (κ3) is 8.36. The highest BCUT2D eigenvalue weighted by molar-refractivity contribution is 6.00. The largest absolute Gasteiger partial charge is 0.491 e. The molecule has 13 heteroatoms. The van der Waals surface area contributed by atoms with Crippen molar-refractivity contribution in [2.75, 3.05) is 33.8 Å². The SMILES string of the molecule is CN1CC(=O)N2C[C@@H](NC(=O)Cc3cccc4ccccc34)C[C@H]2COc2ccc(F)cc2C(=O)N(C)[C@@H](C(=O)NCc2cccnc2)CCC1=O. The third-order valence-corrected chi connectivity index (χ3v) is 9.64. The molecule has 12 nitrogen and oxygen atoms in total. The van der Waals surface area contributed by atoms with E-state index >= 15 is 0 Å². The molecule has 5 amide bonds. The fourth-order valence-electron chi connectivity index (χ4n) is 6.84. The van der Waals surface area contributed by atoms with Crippen LogP contribution in [-0.2, 0) is 32.1 Å². The Hall–Kier alpha value is -5.85. The molecule has 4 aromatic rings. The fraction of sp³-hybridized carbons (Fsp3) is 0.333. The zero-order chi connectivity index (χ0) is 36.8. The summed E-state index contributed by atoms with van der Waals surface area (Å²) in [5.41, 5.74) is 1.51. The summed E-state index contributed by atoms with van der Waals surface area (Å²) in [6.45, 7) is 0.0290. The van der Waals surface area contributed by atoms with Gasteiger partial charge in [-0.05, 0) is 59.0 Å². The summed E-state index contributed by atoms with van der Waals surface area (Å²) in [6, 6.07) is 18.7. The summed E-state index contributed by atoms with van der Waals surface area (Å²) in [5.74, 6) is -2.72. The van der Waals surface area contributed by atoms with Crippen LogP contribution in [0.2, 0.25) is 0 Å². The Labute approximate surface area is 300 Å². The molecule has 52 heavy (non-hydrogen) atoms. The van der Waals surface area contributed by atoms with Crippen LogP contribution in [0.3, 0.4) is 0 Å². The zero-order valence-corrected chi connectivity index (χ0v) is 29.1. The molecule has 0 radical (unpaired) electrons.